The number of carbonyl (C=O) groups excluding carboxylic acids is 2. The molecule has 178 valence electrons. The van der Waals surface area contributed by atoms with Gasteiger partial charge in [0.25, 0.3) is 0 Å². The molecule has 1 atom stereocenters. The molecule has 0 unspecified atom stereocenters. The van der Waals surface area contributed by atoms with Crippen molar-refractivity contribution < 1.29 is 27.5 Å². The van der Waals surface area contributed by atoms with E-state index in [-0.39, 0.29) is 10.9 Å². The van der Waals surface area contributed by atoms with E-state index in [2.05, 4.69) is 15.0 Å². The number of alkyl halides is 3. The minimum absolute atomic E-state index is 0.0534. The molecule has 2 heterocycles. The van der Waals surface area contributed by atoms with Gasteiger partial charge in [-0.3, -0.25) is 9.69 Å². The highest BCUT2D eigenvalue weighted by Crippen LogP contribution is 2.33. The van der Waals surface area contributed by atoms with Crippen molar-refractivity contribution in [3.05, 3.63) is 58.2 Å². The van der Waals surface area contributed by atoms with Gasteiger partial charge in [-0.25, -0.2) is 9.78 Å². The number of hydrogen-bond acceptors (Lipinski definition) is 6. The van der Waals surface area contributed by atoms with E-state index in [0.717, 1.165) is 17.8 Å². The molecule has 11 heteroatoms. The maximum absolute atomic E-state index is 12.8. The molecule has 1 saturated heterocycles. The summed E-state index contributed by atoms with van der Waals surface area (Å²) < 4.78 is 43.1. The number of piperazine rings is 1. The van der Waals surface area contributed by atoms with Crippen molar-refractivity contribution in [2.75, 3.05) is 38.2 Å². The molecule has 3 rings (SSSR count). The highest BCUT2D eigenvalue weighted by molar-refractivity contribution is 6.33. The Morgan fingerprint density at radius 3 is 2.36 bits per heavy atom. The first-order chi connectivity index (χ1) is 15.6. The third-order valence-electron chi connectivity index (χ3n) is 5.53. The molecule has 0 saturated carbocycles. The summed E-state index contributed by atoms with van der Waals surface area (Å²) in [5.74, 6) is -0.269. The Kier molecular flexibility index (Phi) is 7.80. The van der Waals surface area contributed by atoms with Crippen LogP contribution in [0.5, 0.6) is 0 Å². The first kappa shape index (κ1) is 24.8. The van der Waals surface area contributed by atoms with Gasteiger partial charge in [0.05, 0.1) is 29.3 Å². The number of pyridine rings is 1. The molecule has 1 aliphatic heterocycles. The lowest BCUT2D eigenvalue weighted by molar-refractivity contribution is -0.137. The van der Waals surface area contributed by atoms with Gasteiger partial charge in [-0.1, -0.05) is 23.7 Å². The van der Waals surface area contributed by atoms with Crippen LogP contribution in [0.25, 0.3) is 0 Å². The minimum atomic E-state index is -4.50. The highest BCUT2D eigenvalue weighted by atomic mass is 35.5. The summed E-state index contributed by atoms with van der Waals surface area (Å²) in [5.41, 5.74) is 0.387. The monoisotopic (exact) mass is 484 g/mol. The molecule has 0 aliphatic carbocycles. The average molecular weight is 485 g/mol. The average Bonchev–Trinajstić information content (AvgIpc) is 2.81. The number of carbonyl (C=O) groups is 2. The summed E-state index contributed by atoms with van der Waals surface area (Å²) >= 11 is 6.05. The molecule has 1 N–H and O–H groups in total. The maximum Gasteiger partial charge on any atom is 0.417 e. The van der Waals surface area contributed by atoms with E-state index in [0.29, 0.717) is 44.1 Å². The van der Waals surface area contributed by atoms with Crippen LogP contribution in [0.15, 0.2) is 36.5 Å². The number of ether oxygens (including phenoxy) is 1. The van der Waals surface area contributed by atoms with Crippen molar-refractivity contribution >= 4 is 29.3 Å². The van der Waals surface area contributed by atoms with Crippen LogP contribution >= 0.6 is 11.6 Å². The van der Waals surface area contributed by atoms with E-state index in [4.69, 9.17) is 11.6 Å². The Balaban J connectivity index is 1.51. The van der Waals surface area contributed by atoms with Crippen LogP contribution in [0.4, 0.5) is 19.0 Å². The first-order valence-corrected chi connectivity index (χ1v) is 10.6. The van der Waals surface area contributed by atoms with Crippen LogP contribution in [0.2, 0.25) is 5.02 Å². The number of aromatic nitrogens is 1. The number of nitrogens with zero attached hydrogens (tertiary/aromatic N) is 3. The molecule has 1 fully saturated rings. The molecule has 0 spiro atoms. The van der Waals surface area contributed by atoms with Gasteiger partial charge in [0, 0.05) is 38.9 Å². The van der Waals surface area contributed by atoms with Gasteiger partial charge in [-0.15, -0.1) is 0 Å². The number of nitrogens with one attached hydrogen (secondary N) is 1. The summed E-state index contributed by atoms with van der Waals surface area (Å²) in [6.07, 6.45) is -3.72. The second-order valence-electron chi connectivity index (χ2n) is 7.63. The van der Waals surface area contributed by atoms with E-state index in [1.807, 2.05) is 9.80 Å². The fourth-order valence-electron chi connectivity index (χ4n) is 3.52. The molecule has 0 radical (unpaired) electrons. The molecule has 1 aromatic carbocycles. The second kappa shape index (κ2) is 10.4. The van der Waals surface area contributed by atoms with Gasteiger partial charge >= 0.3 is 12.1 Å². The third kappa shape index (κ3) is 6.14. The van der Waals surface area contributed by atoms with Crippen molar-refractivity contribution in [3.8, 4) is 0 Å². The van der Waals surface area contributed by atoms with Gasteiger partial charge < -0.3 is 15.0 Å². The van der Waals surface area contributed by atoms with Crippen LogP contribution in [-0.2, 0) is 22.3 Å². The molecular weight excluding hydrogens is 461 g/mol. The van der Waals surface area contributed by atoms with E-state index >= 15 is 0 Å². The standard InChI is InChI=1S/C22H24ClF3N4O3/c1-14(20(31)28-12-15-3-5-16(6-4-15)21(32)33-2)29-7-9-30(10-8-29)19-18(23)11-17(13-27-19)22(24,25)26/h3-6,11,13-14H,7-10,12H2,1-2H3,(H,28,31)/t14-/m0/s1. The smallest absolute Gasteiger partial charge is 0.417 e. The number of methoxy groups -OCH3 is 1. The van der Waals surface area contributed by atoms with Crippen LogP contribution in [0.1, 0.15) is 28.4 Å². The molecule has 7 nitrogen and oxygen atoms in total. The number of amides is 1. The highest BCUT2D eigenvalue weighted by Gasteiger charge is 2.33. The van der Waals surface area contributed by atoms with Crippen molar-refractivity contribution in [2.45, 2.75) is 25.7 Å². The van der Waals surface area contributed by atoms with Gasteiger partial charge in [-0.2, -0.15) is 13.2 Å². The topological polar surface area (TPSA) is 74.8 Å². The zero-order chi connectivity index (χ0) is 24.2. The quantitative estimate of drug-likeness (QED) is 0.634. The van der Waals surface area contributed by atoms with Crippen molar-refractivity contribution in [1.82, 2.24) is 15.2 Å². The number of rotatable bonds is 6. The molecule has 33 heavy (non-hydrogen) atoms. The van der Waals surface area contributed by atoms with E-state index in [1.54, 1.807) is 31.2 Å². The minimum Gasteiger partial charge on any atom is -0.465 e. The number of benzene rings is 1. The van der Waals surface area contributed by atoms with Crippen molar-refractivity contribution in [3.63, 3.8) is 0 Å². The second-order valence-corrected chi connectivity index (χ2v) is 8.04. The fourth-order valence-corrected chi connectivity index (χ4v) is 3.80. The van der Waals surface area contributed by atoms with E-state index in [1.165, 1.54) is 7.11 Å². The lowest BCUT2D eigenvalue weighted by Gasteiger charge is -2.38. The Morgan fingerprint density at radius 2 is 1.82 bits per heavy atom. The summed E-state index contributed by atoms with van der Waals surface area (Å²) in [4.78, 5) is 31.8. The number of anilines is 1. The molecule has 1 amide bonds. The molecule has 1 aromatic heterocycles. The zero-order valence-corrected chi connectivity index (χ0v) is 18.9. The molecule has 0 bridgehead atoms. The SMILES string of the molecule is COC(=O)c1ccc(CNC(=O)[C@H](C)N2CCN(c3ncc(C(F)(F)F)cc3Cl)CC2)cc1. The number of hydrogen-bond donors (Lipinski definition) is 1. The van der Waals surface area contributed by atoms with Crippen LogP contribution in [0.3, 0.4) is 0 Å². The van der Waals surface area contributed by atoms with E-state index < -0.39 is 23.8 Å². The Bertz CT molecular complexity index is 993. The normalized spacial score (nSPS) is 15.8. The van der Waals surface area contributed by atoms with Gasteiger partial charge in [0.2, 0.25) is 5.91 Å². The van der Waals surface area contributed by atoms with Gasteiger partial charge in [0.15, 0.2) is 0 Å². The lowest BCUT2D eigenvalue weighted by atomic mass is 10.1. The number of halogens is 4. The van der Waals surface area contributed by atoms with Gasteiger partial charge in [0.1, 0.15) is 5.82 Å². The summed E-state index contributed by atoms with van der Waals surface area (Å²) in [7, 11) is 1.31. The lowest BCUT2D eigenvalue weighted by Crippen LogP contribution is -2.54. The molecular formula is C22H24ClF3N4O3. The van der Waals surface area contributed by atoms with Crippen LogP contribution in [0, 0.1) is 0 Å². The Labute approximate surface area is 194 Å². The van der Waals surface area contributed by atoms with Crippen LogP contribution in [-0.4, -0.2) is 61.1 Å². The van der Waals surface area contributed by atoms with Gasteiger partial charge in [-0.05, 0) is 30.7 Å². The predicted molar refractivity (Wildman–Crippen MR) is 117 cm³/mol. The summed E-state index contributed by atoms with van der Waals surface area (Å²) in [5, 5.41) is 2.83. The first-order valence-electron chi connectivity index (χ1n) is 10.3. The van der Waals surface area contributed by atoms with E-state index in [9.17, 15) is 22.8 Å². The van der Waals surface area contributed by atoms with Crippen molar-refractivity contribution in [1.29, 1.82) is 0 Å². The Morgan fingerprint density at radius 1 is 1.18 bits per heavy atom. The predicted octanol–water partition coefficient (Wildman–Crippen LogP) is 3.37. The number of esters is 1. The Hall–Kier alpha value is -2.85. The summed E-state index contributed by atoms with van der Waals surface area (Å²) in [6.45, 7) is 4.13. The molecule has 2 aromatic rings. The van der Waals surface area contributed by atoms with Crippen LogP contribution < -0.4 is 10.2 Å². The molecule has 1 aliphatic rings. The fraction of sp³-hybridized carbons (Fsp3) is 0.409. The third-order valence-corrected chi connectivity index (χ3v) is 5.81. The summed E-state index contributed by atoms with van der Waals surface area (Å²) in [6, 6.07) is 7.25. The zero-order valence-electron chi connectivity index (χ0n) is 18.2. The van der Waals surface area contributed by atoms with Crippen molar-refractivity contribution in [2.24, 2.45) is 0 Å². The maximum atomic E-state index is 12.8. The largest absolute Gasteiger partial charge is 0.465 e.